The molecule has 0 atom stereocenters. The number of aromatic nitrogens is 2. The van der Waals surface area contributed by atoms with E-state index in [0.29, 0.717) is 42.4 Å². The van der Waals surface area contributed by atoms with E-state index in [2.05, 4.69) is 15.3 Å². The number of imidazole rings is 1. The number of hydrogen-bond acceptors (Lipinski definition) is 5. The second kappa shape index (κ2) is 10.3. The summed E-state index contributed by atoms with van der Waals surface area (Å²) in [4.78, 5) is 20.4. The van der Waals surface area contributed by atoms with E-state index in [1.807, 2.05) is 24.3 Å². The molecule has 0 saturated carbocycles. The molecule has 0 spiro atoms. The Kier molecular flexibility index (Phi) is 6.95. The summed E-state index contributed by atoms with van der Waals surface area (Å²) in [5.41, 5.74) is 2.40. The molecule has 0 radical (unpaired) electrons. The number of nitrogens with zero attached hydrogens (tertiary/aromatic N) is 2. The highest BCUT2D eigenvalue weighted by Gasteiger charge is 2.31. The second-order valence-electron chi connectivity index (χ2n) is 8.63. The molecule has 0 unspecified atom stereocenters. The average molecular weight is 525 g/mol. The number of hydrogen-bond donors (Lipinski definition) is 2. The number of amides is 1. The van der Waals surface area contributed by atoms with Crippen molar-refractivity contribution in [2.24, 2.45) is 0 Å². The third-order valence-corrected chi connectivity index (χ3v) is 8.37. The van der Waals surface area contributed by atoms with Crippen LogP contribution >= 0.6 is 11.6 Å². The van der Waals surface area contributed by atoms with Crippen molar-refractivity contribution in [3.63, 3.8) is 0 Å². The van der Waals surface area contributed by atoms with Gasteiger partial charge in [0.1, 0.15) is 11.6 Å². The van der Waals surface area contributed by atoms with Crippen molar-refractivity contribution in [1.82, 2.24) is 14.3 Å². The fraction of sp³-hybridized carbons (Fsp3) is 0.231. The molecule has 0 aliphatic carbocycles. The maximum Gasteiger partial charge on any atom is 0.262 e. The molecule has 10 heteroatoms. The van der Waals surface area contributed by atoms with Crippen LogP contribution in [0.1, 0.15) is 24.6 Å². The van der Waals surface area contributed by atoms with Crippen LogP contribution in [-0.2, 0) is 14.8 Å². The average Bonchev–Trinajstić information content (AvgIpc) is 3.33. The molecule has 5 rings (SSSR count). The number of rotatable bonds is 7. The molecule has 1 amide bonds. The smallest absolute Gasteiger partial charge is 0.262 e. The Labute approximate surface area is 214 Å². The molecule has 2 N–H and O–H groups in total. The van der Waals surface area contributed by atoms with E-state index in [-0.39, 0.29) is 23.3 Å². The molecule has 1 aromatic heterocycles. The monoisotopic (exact) mass is 524 g/mol. The fourth-order valence-corrected chi connectivity index (χ4v) is 5.87. The van der Waals surface area contributed by atoms with Gasteiger partial charge in [0.25, 0.3) is 5.91 Å². The minimum absolute atomic E-state index is 0.179. The van der Waals surface area contributed by atoms with Gasteiger partial charge in [0.05, 0.1) is 15.9 Å². The minimum atomic E-state index is -3.63. The van der Waals surface area contributed by atoms with Crippen LogP contribution in [0.3, 0.4) is 0 Å². The third-order valence-electron chi connectivity index (χ3n) is 6.21. The fourth-order valence-electron chi connectivity index (χ4n) is 4.27. The van der Waals surface area contributed by atoms with Crippen LogP contribution in [0.15, 0.2) is 77.7 Å². The zero-order valence-electron chi connectivity index (χ0n) is 19.4. The maximum atomic E-state index is 13.2. The Morgan fingerprint density at radius 2 is 1.72 bits per heavy atom. The van der Waals surface area contributed by atoms with Crippen LogP contribution in [0.4, 0.5) is 5.69 Å². The normalized spacial score (nSPS) is 15.1. The second-order valence-corrected chi connectivity index (χ2v) is 11.0. The zero-order valence-corrected chi connectivity index (χ0v) is 20.9. The first-order valence-corrected chi connectivity index (χ1v) is 13.4. The van der Waals surface area contributed by atoms with Gasteiger partial charge in [0.2, 0.25) is 10.0 Å². The highest BCUT2D eigenvalue weighted by Crippen LogP contribution is 2.30. The highest BCUT2D eigenvalue weighted by molar-refractivity contribution is 7.89. The van der Waals surface area contributed by atoms with Gasteiger partial charge in [0.15, 0.2) is 6.61 Å². The van der Waals surface area contributed by atoms with Crippen molar-refractivity contribution in [1.29, 1.82) is 0 Å². The van der Waals surface area contributed by atoms with Gasteiger partial charge in [0, 0.05) is 29.7 Å². The van der Waals surface area contributed by atoms with E-state index in [1.165, 1.54) is 16.4 Å². The number of benzene rings is 3. The van der Waals surface area contributed by atoms with Crippen molar-refractivity contribution in [3.8, 4) is 5.75 Å². The van der Waals surface area contributed by atoms with E-state index in [4.69, 9.17) is 16.3 Å². The van der Waals surface area contributed by atoms with Crippen molar-refractivity contribution < 1.29 is 17.9 Å². The first-order chi connectivity index (χ1) is 17.4. The molecule has 0 bridgehead atoms. The lowest BCUT2D eigenvalue weighted by molar-refractivity contribution is -0.118. The van der Waals surface area contributed by atoms with Crippen molar-refractivity contribution in [2.45, 2.75) is 23.7 Å². The Morgan fingerprint density at radius 1 is 1.03 bits per heavy atom. The number of aromatic amines is 1. The van der Waals surface area contributed by atoms with E-state index < -0.39 is 10.0 Å². The van der Waals surface area contributed by atoms with Gasteiger partial charge in [-0.15, -0.1) is 0 Å². The molecule has 8 nitrogen and oxygen atoms in total. The van der Waals surface area contributed by atoms with Gasteiger partial charge in [-0.1, -0.05) is 23.7 Å². The lowest BCUT2D eigenvalue weighted by atomic mass is 9.97. The number of halogens is 1. The zero-order chi connectivity index (χ0) is 25.1. The minimum Gasteiger partial charge on any atom is -0.484 e. The lowest BCUT2D eigenvalue weighted by Gasteiger charge is -2.30. The summed E-state index contributed by atoms with van der Waals surface area (Å²) < 4.78 is 33.3. The summed E-state index contributed by atoms with van der Waals surface area (Å²) in [6, 6.07) is 20.8. The number of H-pyrrole nitrogens is 1. The summed E-state index contributed by atoms with van der Waals surface area (Å²) in [6.45, 7) is 0.664. The molecule has 1 saturated heterocycles. The van der Waals surface area contributed by atoms with Crippen LogP contribution in [0, 0.1) is 0 Å². The van der Waals surface area contributed by atoms with Gasteiger partial charge in [-0.05, 0) is 73.5 Å². The van der Waals surface area contributed by atoms with E-state index in [9.17, 15) is 13.2 Å². The maximum absolute atomic E-state index is 13.2. The summed E-state index contributed by atoms with van der Waals surface area (Å²) in [7, 11) is -3.63. The number of ether oxygens (including phenoxy) is 1. The molecule has 36 heavy (non-hydrogen) atoms. The van der Waals surface area contributed by atoms with Crippen molar-refractivity contribution in [2.75, 3.05) is 25.0 Å². The van der Waals surface area contributed by atoms with Gasteiger partial charge >= 0.3 is 0 Å². The molecule has 1 fully saturated rings. The number of para-hydroxylation sites is 2. The summed E-state index contributed by atoms with van der Waals surface area (Å²) >= 11 is 5.84. The Hall–Kier alpha value is -3.40. The predicted octanol–water partition coefficient (Wildman–Crippen LogP) is 4.80. The number of sulfonamides is 1. The first kappa shape index (κ1) is 24.3. The summed E-state index contributed by atoms with van der Waals surface area (Å²) in [6.07, 6.45) is 1.39. The molecule has 1 aliphatic rings. The van der Waals surface area contributed by atoms with Crippen molar-refractivity contribution >= 4 is 44.3 Å². The third kappa shape index (κ3) is 5.38. The molecular formula is C26H25ClN4O4S. The molecule has 2 heterocycles. The van der Waals surface area contributed by atoms with Gasteiger partial charge in [-0.2, -0.15) is 4.31 Å². The molecular weight excluding hydrogens is 500 g/mol. The number of piperidine rings is 1. The van der Waals surface area contributed by atoms with Crippen LogP contribution < -0.4 is 10.1 Å². The summed E-state index contributed by atoms with van der Waals surface area (Å²) in [5, 5.41) is 3.29. The van der Waals surface area contributed by atoms with Crippen LogP contribution in [-0.4, -0.2) is 48.3 Å². The van der Waals surface area contributed by atoms with E-state index >= 15 is 0 Å². The molecule has 186 valence electrons. The molecule has 4 aromatic rings. The van der Waals surface area contributed by atoms with Gasteiger partial charge in [-0.3, -0.25) is 4.79 Å². The number of fused-ring (bicyclic) bond motifs is 1. The van der Waals surface area contributed by atoms with Crippen LogP contribution in [0.25, 0.3) is 11.0 Å². The Morgan fingerprint density at radius 3 is 2.42 bits per heavy atom. The Balaban J connectivity index is 1.16. The molecule has 1 aliphatic heterocycles. The predicted molar refractivity (Wildman–Crippen MR) is 139 cm³/mol. The number of anilines is 1. The lowest BCUT2D eigenvalue weighted by Crippen LogP contribution is -2.38. The molecule has 3 aromatic carbocycles. The number of carbonyl (C=O) groups excluding carboxylic acids is 1. The van der Waals surface area contributed by atoms with Crippen molar-refractivity contribution in [3.05, 3.63) is 83.6 Å². The Bertz CT molecular complexity index is 1430. The number of carbonyl (C=O) groups is 1. The highest BCUT2D eigenvalue weighted by atomic mass is 35.5. The SMILES string of the molecule is O=C(COc1ccc(Cl)cc1)Nc1ccc(S(=O)(=O)N2CCC(c3nc4ccccc4[nH]3)CC2)cc1. The standard InChI is InChI=1S/C26H25ClN4O4S/c27-19-5-9-21(10-6-19)35-17-25(32)28-20-7-11-22(12-8-20)36(33,34)31-15-13-18(14-16-31)26-29-23-3-1-2-4-24(23)30-26/h1-12,18H,13-17H2,(H,28,32)(H,29,30). The largest absolute Gasteiger partial charge is 0.484 e. The quantitative estimate of drug-likeness (QED) is 0.361. The summed E-state index contributed by atoms with van der Waals surface area (Å²) in [5.74, 6) is 1.28. The topological polar surface area (TPSA) is 104 Å². The van der Waals surface area contributed by atoms with Gasteiger partial charge < -0.3 is 15.0 Å². The van der Waals surface area contributed by atoms with E-state index in [0.717, 1.165) is 16.9 Å². The van der Waals surface area contributed by atoms with Gasteiger partial charge in [-0.25, -0.2) is 13.4 Å². The van der Waals surface area contributed by atoms with Crippen LogP contribution in [0.2, 0.25) is 5.02 Å². The number of nitrogens with one attached hydrogen (secondary N) is 2. The van der Waals surface area contributed by atoms with E-state index in [1.54, 1.807) is 36.4 Å². The van der Waals surface area contributed by atoms with Crippen LogP contribution in [0.5, 0.6) is 5.75 Å². The first-order valence-electron chi connectivity index (χ1n) is 11.6.